The Hall–Kier alpha value is -4.39. The van der Waals surface area contributed by atoms with Gasteiger partial charge in [-0.2, -0.15) is 0 Å². The van der Waals surface area contributed by atoms with Crippen molar-refractivity contribution in [3.8, 4) is 11.5 Å². The summed E-state index contributed by atoms with van der Waals surface area (Å²) in [5, 5.41) is 1.20. The van der Waals surface area contributed by atoms with Crippen LogP contribution in [-0.4, -0.2) is 24.9 Å². The van der Waals surface area contributed by atoms with Gasteiger partial charge < -0.3 is 9.47 Å². The molecule has 0 saturated carbocycles. The SMILES string of the molecule is COc1cc(/C=C2/C(=O)NN(c3ccccc3)C2=O)ccc1OC(=O)c1ccc(C)cc1. The van der Waals surface area contributed by atoms with Crippen LogP contribution in [0.25, 0.3) is 6.08 Å². The normalized spacial score (nSPS) is 14.4. The molecule has 4 rings (SSSR count). The van der Waals surface area contributed by atoms with E-state index in [4.69, 9.17) is 9.47 Å². The molecule has 1 heterocycles. The lowest BCUT2D eigenvalue weighted by Crippen LogP contribution is -2.35. The van der Waals surface area contributed by atoms with E-state index >= 15 is 0 Å². The van der Waals surface area contributed by atoms with Crippen molar-refractivity contribution < 1.29 is 23.9 Å². The van der Waals surface area contributed by atoms with Crippen LogP contribution in [0.4, 0.5) is 5.69 Å². The molecule has 0 spiro atoms. The van der Waals surface area contributed by atoms with E-state index in [0.717, 1.165) is 5.56 Å². The van der Waals surface area contributed by atoms with Crippen LogP contribution in [0.2, 0.25) is 0 Å². The average Bonchev–Trinajstić information content (AvgIpc) is 3.09. The number of hydrazine groups is 1. The van der Waals surface area contributed by atoms with E-state index in [9.17, 15) is 14.4 Å². The van der Waals surface area contributed by atoms with Gasteiger partial charge in [0.1, 0.15) is 5.57 Å². The molecule has 7 heteroatoms. The van der Waals surface area contributed by atoms with Gasteiger partial charge in [-0.3, -0.25) is 15.0 Å². The Morgan fingerprint density at radius 2 is 1.66 bits per heavy atom. The number of nitrogens with one attached hydrogen (secondary N) is 1. The molecule has 1 fully saturated rings. The Balaban J connectivity index is 1.56. The topological polar surface area (TPSA) is 84.9 Å². The Kier molecular flexibility index (Phi) is 5.72. The molecule has 1 N–H and O–H groups in total. The van der Waals surface area contributed by atoms with Crippen LogP contribution < -0.4 is 19.9 Å². The van der Waals surface area contributed by atoms with Gasteiger partial charge in [0, 0.05) is 0 Å². The van der Waals surface area contributed by atoms with Crippen molar-refractivity contribution in [2.75, 3.05) is 12.1 Å². The molecule has 2 amide bonds. The first kappa shape index (κ1) is 20.9. The van der Waals surface area contributed by atoms with E-state index in [-0.39, 0.29) is 11.3 Å². The number of para-hydroxylation sites is 1. The van der Waals surface area contributed by atoms with Gasteiger partial charge in [0.25, 0.3) is 11.8 Å². The van der Waals surface area contributed by atoms with Gasteiger partial charge in [-0.05, 0) is 55.0 Å². The van der Waals surface area contributed by atoms with Crippen LogP contribution in [0.3, 0.4) is 0 Å². The van der Waals surface area contributed by atoms with Gasteiger partial charge in [0.05, 0.1) is 18.4 Å². The lowest BCUT2D eigenvalue weighted by Gasteiger charge is -2.13. The highest BCUT2D eigenvalue weighted by Gasteiger charge is 2.34. The molecule has 1 saturated heterocycles. The average molecular weight is 428 g/mol. The quantitative estimate of drug-likeness (QED) is 0.290. The summed E-state index contributed by atoms with van der Waals surface area (Å²) in [5.41, 5.74) is 5.10. The number of carbonyl (C=O) groups is 3. The second kappa shape index (κ2) is 8.77. The van der Waals surface area contributed by atoms with Crippen LogP contribution >= 0.6 is 0 Å². The molecule has 0 atom stereocenters. The molecule has 32 heavy (non-hydrogen) atoms. The Morgan fingerprint density at radius 1 is 0.938 bits per heavy atom. The summed E-state index contributed by atoms with van der Waals surface area (Å²) in [6.07, 6.45) is 1.47. The van der Waals surface area contributed by atoms with Gasteiger partial charge in [-0.1, -0.05) is 42.0 Å². The van der Waals surface area contributed by atoms with Gasteiger partial charge in [-0.25, -0.2) is 9.80 Å². The molecule has 0 unspecified atom stereocenters. The standard InChI is InChI=1S/C25H20N2O5/c1-16-8-11-18(12-9-16)25(30)32-21-13-10-17(15-22(21)31-2)14-20-23(28)26-27(24(20)29)19-6-4-3-5-7-19/h3-15H,1-2H3,(H,26,28)/b20-14-. The number of anilines is 1. The molecule has 0 bridgehead atoms. The maximum absolute atomic E-state index is 12.7. The molecular weight excluding hydrogens is 408 g/mol. The van der Waals surface area contributed by atoms with Gasteiger partial charge in [0.15, 0.2) is 11.5 Å². The van der Waals surface area contributed by atoms with Gasteiger partial charge in [-0.15, -0.1) is 0 Å². The van der Waals surface area contributed by atoms with Crippen molar-refractivity contribution in [2.24, 2.45) is 0 Å². The number of methoxy groups -OCH3 is 1. The number of esters is 1. The molecule has 3 aromatic rings. The molecule has 0 aromatic heterocycles. The number of ether oxygens (including phenoxy) is 2. The van der Waals surface area contributed by atoms with Crippen LogP contribution in [-0.2, 0) is 9.59 Å². The third-order valence-corrected chi connectivity index (χ3v) is 4.89. The molecule has 7 nitrogen and oxygen atoms in total. The lowest BCUT2D eigenvalue weighted by atomic mass is 10.1. The van der Waals surface area contributed by atoms with Gasteiger partial charge in [0.2, 0.25) is 0 Å². The van der Waals surface area contributed by atoms with E-state index in [1.54, 1.807) is 54.6 Å². The Morgan fingerprint density at radius 3 is 2.34 bits per heavy atom. The highest BCUT2D eigenvalue weighted by atomic mass is 16.6. The zero-order chi connectivity index (χ0) is 22.7. The van der Waals surface area contributed by atoms with Crippen molar-refractivity contribution in [3.63, 3.8) is 0 Å². The molecule has 1 aliphatic heterocycles. The number of amides is 2. The maximum atomic E-state index is 12.7. The predicted octanol–water partition coefficient (Wildman–Crippen LogP) is 3.68. The summed E-state index contributed by atoms with van der Waals surface area (Å²) in [5.74, 6) is -0.958. The van der Waals surface area contributed by atoms with E-state index in [0.29, 0.717) is 22.6 Å². The van der Waals surface area contributed by atoms with Crippen molar-refractivity contribution in [2.45, 2.75) is 6.92 Å². The zero-order valence-corrected chi connectivity index (χ0v) is 17.5. The largest absolute Gasteiger partial charge is 0.493 e. The van der Waals surface area contributed by atoms with Crippen LogP contribution in [0.5, 0.6) is 11.5 Å². The number of carbonyl (C=O) groups excluding carboxylic acids is 3. The van der Waals surface area contributed by atoms with Crippen molar-refractivity contribution in [1.29, 1.82) is 0 Å². The van der Waals surface area contributed by atoms with E-state index in [1.165, 1.54) is 18.2 Å². The minimum absolute atomic E-state index is 0.0136. The lowest BCUT2D eigenvalue weighted by molar-refractivity contribution is -0.117. The number of hydrogen-bond acceptors (Lipinski definition) is 5. The molecule has 3 aromatic carbocycles. The summed E-state index contributed by atoms with van der Waals surface area (Å²) in [7, 11) is 1.44. The molecular formula is C25H20N2O5. The number of aryl methyl sites for hydroxylation is 1. The Labute approximate surface area is 184 Å². The Bertz CT molecular complexity index is 1220. The smallest absolute Gasteiger partial charge is 0.343 e. The second-order valence-electron chi connectivity index (χ2n) is 7.14. The highest BCUT2D eigenvalue weighted by Crippen LogP contribution is 2.30. The fraction of sp³-hybridized carbons (Fsp3) is 0.0800. The number of nitrogens with zero attached hydrogens (tertiary/aromatic N) is 1. The van der Waals surface area contributed by atoms with Crippen LogP contribution in [0.1, 0.15) is 21.5 Å². The maximum Gasteiger partial charge on any atom is 0.343 e. The summed E-state index contributed by atoms with van der Waals surface area (Å²) >= 11 is 0. The number of benzene rings is 3. The van der Waals surface area contributed by atoms with Gasteiger partial charge >= 0.3 is 5.97 Å². The molecule has 160 valence electrons. The first-order valence-corrected chi connectivity index (χ1v) is 9.85. The third-order valence-electron chi connectivity index (χ3n) is 4.89. The first-order valence-electron chi connectivity index (χ1n) is 9.85. The van der Waals surface area contributed by atoms with E-state index in [1.807, 2.05) is 25.1 Å². The number of hydrogen-bond donors (Lipinski definition) is 1. The monoisotopic (exact) mass is 428 g/mol. The van der Waals surface area contributed by atoms with E-state index < -0.39 is 17.8 Å². The summed E-state index contributed by atoms with van der Waals surface area (Å²) in [4.78, 5) is 37.5. The molecule has 0 radical (unpaired) electrons. The zero-order valence-electron chi connectivity index (χ0n) is 17.5. The van der Waals surface area contributed by atoms with Crippen molar-refractivity contribution in [3.05, 3.63) is 95.1 Å². The van der Waals surface area contributed by atoms with Crippen LogP contribution in [0.15, 0.2) is 78.4 Å². The molecule has 0 aliphatic carbocycles. The molecule has 1 aliphatic rings. The predicted molar refractivity (Wildman–Crippen MR) is 119 cm³/mol. The van der Waals surface area contributed by atoms with Crippen molar-refractivity contribution >= 4 is 29.5 Å². The minimum Gasteiger partial charge on any atom is -0.493 e. The minimum atomic E-state index is -0.516. The first-order chi connectivity index (χ1) is 15.5. The highest BCUT2D eigenvalue weighted by molar-refractivity contribution is 6.31. The summed E-state index contributed by atoms with van der Waals surface area (Å²) < 4.78 is 10.8. The fourth-order valence-corrected chi connectivity index (χ4v) is 3.19. The number of rotatable bonds is 5. The van der Waals surface area contributed by atoms with E-state index in [2.05, 4.69) is 5.43 Å². The second-order valence-corrected chi connectivity index (χ2v) is 7.14. The van der Waals surface area contributed by atoms with Crippen LogP contribution in [0, 0.1) is 6.92 Å². The summed E-state index contributed by atoms with van der Waals surface area (Å²) in [6, 6.07) is 20.6. The van der Waals surface area contributed by atoms with Crippen molar-refractivity contribution in [1.82, 2.24) is 5.43 Å². The third kappa shape index (κ3) is 4.22. The summed E-state index contributed by atoms with van der Waals surface area (Å²) in [6.45, 7) is 1.93. The fourth-order valence-electron chi connectivity index (χ4n) is 3.19.